The zero-order valence-corrected chi connectivity index (χ0v) is 9.75. The average Bonchev–Trinajstić information content (AvgIpc) is 2.73. The maximum atomic E-state index is 5.50. The van der Waals surface area contributed by atoms with Crippen molar-refractivity contribution < 1.29 is 4.74 Å². The van der Waals surface area contributed by atoms with Crippen LogP contribution < -0.4 is 0 Å². The van der Waals surface area contributed by atoms with E-state index in [1.807, 2.05) is 31.2 Å². The Balaban J connectivity index is 2.07. The summed E-state index contributed by atoms with van der Waals surface area (Å²) in [6.45, 7) is 2.59. The number of nitrogens with zero attached hydrogens (tertiary/aromatic N) is 1. The third-order valence-corrected chi connectivity index (χ3v) is 3.66. The number of allylic oxidation sites excluding steroid dienone is 3. The lowest BCUT2D eigenvalue weighted by atomic mass is 10.2. The summed E-state index contributed by atoms with van der Waals surface area (Å²) in [7, 11) is 0. The molecular formula is C13H11NOS. The van der Waals surface area contributed by atoms with Gasteiger partial charge in [-0.3, -0.25) is 0 Å². The Morgan fingerprint density at radius 2 is 2.12 bits per heavy atom. The predicted octanol–water partition coefficient (Wildman–Crippen LogP) is 3.61. The van der Waals surface area contributed by atoms with E-state index in [4.69, 9.17) is 4.74 Å². The summed E-state index contributed by atoms with van der Waals surface area (Å²) in [5.41, 5.74) is 2.22. The number of hydrogen-bond acceptors (Lipinski definition) is 3. The fourth-order valence-electron chi connectivity index (χ4n) is 1.65. The van der Waals surface area contributed by atoms with E-state index in [0.29, 0.717) is 6.61 Å². The molecule has 0 saturated heterocycles. The van der Waals surface area contributed by atoms with Crippen LogP contribution in [0.1, 0.15) is 11.9 Å². The minimum Gasteiger partial charge on any atom is -0.493 e. The third-order valence-electron chi connectivity index (χ3n) is 2.54. The van der Waals surface area contributed by atoms with Crippen LogP contribution in [-0.2, 0) is 4.74 Å². The quantitative estimate of drug-likeness (QED) is 0.745. The first-order chi connectivity index (χ1) is 7.83. The standard InChI is InChI=1S/C13H11NOS/c1-9-6-7-10(8-15-9)13-14-11-4-2-3-5-12(11)16-13/h2-7H,8H2,1H3. The highest BCUT2D eigenvalue weighted by Crippen LogP contribution is 2.28. The number of para-hydroxylation sites is 1. The van der Waals surface area contributed by atoms with Crippen molar-refractivity contribution in [3.05, 3.63) is 47.2 Å². The molecule has 1 aliphatic heterocycles. The van der Waals surface area contributed by atoms with Crippen LogP contribution in [0.15, 0.2) is 42.2 Å². The van der Waals surface area contributed by atoms with Gasteiger partial charge in [-0.2, -0.15) is 0 Å². The summed E-state index contributed by atoms with van der Waals surface area (Å²) in [4.78, 5) is 4.60. The van der Waals surface area contributed by atoms with Gasteiger partial charge in [0.25, 0.3) is 0 Å². The van der Waals surface area contributed by atoms with Crippen molar-refractivity contribution in [2.45, 2.75) is 6.92 Å². The molecule has 0 amide bonds. The molecule has 0 spiro atoms. The summed E-state index contributed by atoms with van der Waals surface area (Å²) in [5.74, 6) is 0.963. The molecule has 3 heteroatoms. The Morgan fingerprint density at radius 3 is 2.88 bits per heavy atom. The molecule has 1 aromatic heterocycles. The fraction of sp³-hybridized carbons (Fsp3) is 0.154. The molecule has 16 heavy (non-hydrogen) atoms. The van der Waals surface area contributed by atoms with Crippen molar-refractivity contribution in [2.75, 3.05) is 6.61 Å². The highest BCUT2D eigenvalue weighted by Gasteiger charge is 2.11. The van der Waals surface area contributed by atoms with Gasteiger partial charge in [0.2, 0.25) is 0 Å². The maximum absolute atomic E-state index is 5.50. The smallest absolute Gasteiger partial charge is 0.123 e. The number of benzene rings is 1. The first-order valence-electron chi connectivity index (χ1n) is 5.19. The van der Waals surface area contributed by atoms with E-state index < -0.39 is 0 Å². The zero-order valence-electron chi connectivity index (χ0n) is 8.93. The van der Waals surface area contributed by atoms with E-state index in [-0.39, 0.29) is 0 Å². The van der Waals surface area contributed by atoms with Gasteiger partial charge in [0, 0.05) is 5.57 Å². The van der Waals surface area contributed by atoms with Crippen LogP contribution >= 0.6 is 11.3 Å². The van der Waals surface area contributed by atoms with E-state index in [9.17, 15) is 0 Å². The number of thiazole rings is 1. The van der Waals surface area contributed by atoms with Crippen molar-refractivity contribution in [1.29, 1.82) is 0 Å². The lowest BCUT2D eigenvalue weighted by molar-refractivity contribution is 0.252. The van der Waals surface area contributed by atoms with Gasteiger partial charge >= 0.3 is 0 Å². The van der Waals surface area contributed by atoms with Crippen molar-refractivity contribution in [3.8, 4) is 0 Å². The lowest BCUT2D eigenvalue weighted by Crippen LogP contribution is -2.00. The molecule has 3 rings (SSSR count). The van der Waals surface area contributed by atoms with Crippen LogP contribution in [0.5, 0.6) is 0 Å². The highest BCUT2D eigenvalue weighted by molar-refractivity contribution is 7.19. The van der Waals surface area contributed by atoms with Crippen LogP contribution in [0.3, 0.4) is 0 Å². The van der Waals surface area contributed by atoms with Gasteiger partial charge in [-0.25, -0.2) is 4.98 Å². The fourth-order valence-corrected chi connectivity index (χ4v) is 2.62. The monoisotopic (exact) mass is 229 g/mol. The molecule has 0 fully saturated rings. The lowest BCUT2D eigenvalue weighted by Gasteiger charge is -2.11. The van der Waals surface area contributed by atoms with Crippen molar-refractivity contribution in [2.24, 2.45) is 0 Å². The summed E-state index contributed by atoms with van der Waals surface area (Å²) in [5, 5.41) is 1.06. The van der Waals surface area contributed by atoms with Crippen molar-refractivity contribution in [1.82, 2.24) is 4.98 Å². The minimum atomic E-state index is 0.627. The van der Waals surface area contributed by atoms with E-state index >= 15 is 0 Å². The second-order valence-electron chi connectivity index (χ2n) is 3.74. The largest absolute Gasteiger partial charge is 0.493 e. The van der Waals surface area contributed by atoms with Crippen LogP contribution in [0.25, 0.3) is 15.8 Å². The maximum Gasteiger partial charge on any atom is 0.123 e. The molecule has 0 atom stereocenters. The molecule has 2 aromatic rings. The van der Waals surface area contributed by atoms with Gasteiger partial charge < -0.3 is 4.74 Å². The molecule has 1 aliphatic rings. The molecule has 0 unspecified atom stereocenters. The Hall–Kier alpha value is -1.61. The topological polar surface area (TPSA) is 22.1 Å². The van der Waals surface area contributed by atoms with E-state index in [1.54, 1.807) is 11.3 Å². The van der Waals surface area contributed by atoms with Crippen LogP contribution in [0.2, 0.25) is 0 Å². The second-order valence-corrected chi connectivity index (χ2v) is 4.78. The highest BCUT2D eigenvalue weighted by atomic mass is 32.1. The van der Waals surface area contributed by atoms with Crippen LogP contribution in [0, 0.1) is 0 Å². The van der Waals surface area contributed by atoms with Gasteiger partial charge in [0.15, 0.2) is 0 Å². The zero-order chi connectivity index (χ0) is 11.0. The number of rotatable bonds is 1. The summed E-state index contributed by atoms with van der Waals surface area (Å²) in [6.07, 6.45) is 4.08. The molecule has 2 heterocycles. The van der Waals surface area contributed by atoms with Gasteiger partial charge in [-0.05, 0) is 31.2 Å². The molecule has 0 radical (unpaired) electrons. The molecule has 0 saturated carbocycles. The Labute approximate surface area is 97.9 Å². The average molecular weight is 229 g/mol. The second kappa shape index (κ2) is 3.76. The van der Waals surface area contributed by atoms with Crippen LogP contribution in [0.4, 0.5) is 0 Å². The molecule has 80 valence electrons. The van der Waals surface area contributed by atoms with E-state index in [2.05, 4.69) is 17.1 Å². The Kier molecular flexibility index (Phi) is 2.26. The number of fused-ring (bicyclic) bond motifs is 1. The molecule has 0 aliphatic carbocycles. The summed E-state index contributed by atoms with van der Waals surface area (Å²) >= 11 is 1.72. The van der Waals surface area contributed by atoms with Crippen LogP contribution in [-0.4, -0.2) is 11.6 Å². The molecule has 0 bridgehead atoms. The molecule has 0 N–H and O–H groups in total. The van der Waals surface area contributed by atoms with Gasteiger partial charge in [-0.15, -0.1) is 11.3 Å². The van der Waals surface area contributed by atoms with Gasteiger partial charge in [-0.1, -0.05) is 12.1 Å². The minimum absolute atomic E-state index is 0.627. The van der Waals surface area contributed by atoms with E-state index in [0.717, 1.165) is 21.9 Å². The van der Waals surface area contributed by atoms with Gasteiger partial charge in [0.05, 0.1) is 16.0 Å². The molecular weight excluding hydrogens is 218 g/mol. The molecule has 2 nitrogen and oxygen atoms in total. The summed E-state index contributed by atoms with van der Waals surface area (Å²) < 4.78 is 6.73. The normalized spacial score (nSPS) is 15.6. The number of ether oxygens (including phenoxy) is 1. The Bertz CT molecular complexity index is 562. The first kappa shape index (κ1) is 9.60. The van der Waals surface area contributed by atoms with Crippen molar-refractivity contribution >= 4 is 27.1 Å². The van der Waals surface area contributed by atoms with Gasteiger partial charge in [0.1, 0.15) is 11.6 Å². The third kappa shape index (κ3) is 1.63. The SMILES string of the molecule is CC1=CC=C(c2nc3ccccc3s2)CO1. The number of hydrogen-bond donors (Lipinski definition) is 0. The van der Waals surface area contributed by atoms with Crippen molar-refractivity contribution in [3.63, 3.8) is 0 Å². The predicted molar refractivity (Wildman–Crippen MR) is 67.3 cm³/mol. The first-order valence-corrected chi connectivity index (χ1v) is 6.01. The Morgan fingerprint density at radius 1 is 1.25 bits per heavy atom. The van der Waals surface area contributed by atoms with E-state index in [1.165, 1.54) is 4.70 Å². The summed E-state index contributed by atoms with van der Waals surface area (Å²) in [6, 6.07) is 8.20. The molecule has 1 aromatic carbocycles. The number of aromatic nitrogens is 1.